The van der Waals surface area contributed by atoms with E-state index in [1.807, 2.05) is 12.1 Å². The van der Waals surface area contributed by atoms with E-state index in [9.17, 15) is 9.59 Å². The largest absolute Gasteiger partial charge is 0.322 e. The molecule has 4 aromatic rings. The Hall–Kier alpha value is -4.21. The molecule has 0 aliphatic heterocycles. The summed E-state index contributed by atoms with van der Waals surface area (Å²) in [6.07, 6.45) is 1.69. The van der Waals surface area contributed by atoms with Crippen molar-refractivity contribution in [3.05, 3.63) is 101 Å². The van der Waals surface area contributed by atoms with Crippen LogP contribution in [-0.4, -0.2) is 16.8 Å². The van der Waals surface area contributed by atoms with Crippen LogP contribution in [0.1, 0.15) is 26.3 Å². The molecule has 0 atom stereocenters. The number of carbonyl (C=O) groups is 2. The number of amides is 2. The maximum absolute atomic E-state index is 12.7. The Morgan fingerprint density at radius 2 is 1.61 bits per heavy atom. The number of carbonyl (C=O) groups excluding carboxylic acids is 2. The number of hydrogen-bond donors (Lipinski definition) is 2. The molecule has 3 aromatic carbocycles. The van der Waals surface area contributed by atoms with E-state index in [1.165, 1.54) is 0 Å². The van der Waals surface area contributed by atoms with E-state index in [0.717, 1.165) is 10.9 Å². The molecule has 2 amide bonds. The van der Waals surface area contributed by atoms with Crippen LogP contribution in [0.15, 0.2) is 79.0 Å². The monoisotopic (exact) mass is 426 g/mol. The number of halogens is 1. The van der Waals surface area contributed by atoms with Crippen LogP contribution in [0.5, 0.6) is 0 Å². The number of benzene rings is 3. The Morgan fingerprint density at radius 3 is 2.39 bits per heavy atom. The van der Waals surface area contributed by atoms with E-state index in [2.05, 4.69) is 15.6 Å². The van der Waals surface area contributed by atoms with Crippen molar-refractivity contribution in [1.82, 2.24) is 4.98 Å². The highest BCUT2D eigenvalue weighted by atomic mass is 35.5. The van der Waals surface area contributed by atoms with Crippen LogP contribution >= 0.6 is 11.6 Å². The topological polar surface area (TPSA) is 94.9 Å². The van der Waals surface area contributed by atoms with Crippen LogP contribution < -0.4 is 10.6 Å². The molecule has 0 unspecified atom stereocenters. The summed E-state index contributed by atoms with van der Waals surface area (Å²) in [5, 5.41) is 15.6. The summed E-state index contributed by atoms with van der Waals surface area (Å²) >= 11 is 6.24. The van der Waals surface area contributed by atoms with Gasteiger partial charge >= 0.3 is 0 Å². The van der Waals surface area contributed by atoms with Crippen molar-refractivity contribution < 1.29 is 9.59 Å². The molecule has 0 saturated carbocycles. The fraction of sp³-hybridized carbons (Fsp3) is 0. The van der Waals surface area contributed by atoms with E-state index < -0.39 is 0 Å². The summed E-state index contributed by atoms with van der Waals surface area (Å²) in [4.78, 5) is 29.4. The van der Waals surface area contributed by atoms with Gasteiger partial charge in [-0.2, -0.15) is 5.26 Å². The lowest BCUT2D eigenvalue weighted by Crippen LogP contribution is -2.14. The first-order valence-corrected chi connectivity index (χ1v) is 9.68. The number of aromatic nitrogens is 1. The van der Waals surface area contributed by atoms with Crippen molar-refractivity contribution in [2.24, 2.45) is 0 Å². The van der Waals surface area contributed by atoms with Crippen molar-refractivity contribution in [2.45, 2.75) is 0 Å². The Balaban J connectivity index is 1.52. The first-order chi connectivity index (χ1) is 15.0. The van der Waals surface area contributed by atoms with Gasteiger partial charge in [-0.3, -0.25) is 14.6 Å². The zero-order valence-electron chi connectivity index (χ0n) is 16.1. The lowest BCUT2D eigenvalue weighted by molar-refractivity contribution is 0.101. The second-order valence-corrected chi connectivity index (χ2v) is 7.11. The van der Waals surface area contributed by atoms with Gasteiger partial charge in [0.05, 0.1) is 27.9 Å². The maximum Gasteiger partial charge on any atom is 0.255 e. The first kappa shape index (κ1) is 20.1. The Bertz CT molecular complexity index is 1340. The Kier molecular flexibility index (Phi) is 5.61. The van der Waals surface area contributed by atoms with Gasteiger partial charge in [-0.1, -0.05) is 17.7 Å². The predicted molar refractivity (Wildman–Crippen MR) is 120 cm³/mol. The van der Waals surface area contributed by atoms with Gasteiger partial charge in [0.25, 0.3) is 11.8 Å². The average Bonchev–Trinajstić information content (AvgIpc) is 2.81. The summed E-state index contributed by atoms with van der Waals surface area (Å²) in [7, 11) is 0. The Morgan fingerprint density at radius 1 is 0.871 bits per heavy atom. The number of nitrogens with one attached hydrogen (secondary N) is 2. The molecule has 0 aliphatic carbocycles. The summed E-state index contributed by atoms with van der Waals surface area (Å²) in [6.45, 7) is 0. The SMILES string of the molecule is N#Cc1ccc(C(=O)Nc2ccc(Cl)c(NC(=O)c3ccc4ncccc4c3)c2)cc1. The molecule has 7 heteroatoms. The third kappa shape index (κ3) is 4.53. The Labute approximate surface area is 183 Å². The van der Waals surface area contributed by atoms with Crippen LogP contribution in [0.4, 0.5) is 11.4 Å². The first-order valence-electron chi connectivity index (χ1n) is 9.31. The number of rotatable bonds is 4. The summed E-state index contributed by atoms with van der Waals surface area (Å²) < 4.78 is 0. The molecule has 0 bridgehead atoms. The van der Waals surface area contributed by atoms with Gasteiger partial charge in [0.15, 0.2) is 0 Å². The van der Waals surface area contributed by atoms with Crippen LogP contribution in [-0.2, 0) is 0 Å². The van der Waals surface area contributed by atoms with Gasteiger partial charge in [0.2, 0.25) is 0 Å². The van der Waals surface area contributed by atoms with Crippen molar-refractivity contribution in [3.8, 4) is 6.07 Å². The van der Waals surface area contributed by atoms with Gasteiger partial charge in [-0.25, -0.2) is 0 Å². The number of hydrogen-bond acceptors (Lipinski definition) is 4. The molecular weight excluding hydrogens is 412 g/mol. The molecule has 150 valence electrons. The highest BCUT2D eigenvalue weighted by Crippen LogP contribution is 2.27. The van der Waals surface area contributed by atoms with Crippen LogP contribution in [0.3, 0.4) is 0 Å². The second kappa shape index (κ2) is 8.66. The average molecular weight is 427 g/mol. The molecule has 0 radical (unpaired) electrons. The van der Waals surface area contributed by atoms with Gasteiger partial charge in [0.1, 0.15) is 0 Å². The number of nitrogens with zero attached hydrogens (tertiary/aromatic N) is 2. The molecule has 0 aliphatic rings. The van der Waals surface area contributed by atoms with Crippen LogP contribution in [0, 0.1) is 11.3 Å². The standard InChI is InChI=1S/C24H15ClN4O2/c25-20-9-8-19(28-23(30)16-5-3-15(14-26)4-6-16)13-22(20)29-24(31)18-7-10-21-17(12-18)2-1-11-27-21/h1-13H,(H,28,30)(H,29,31). The molecule has 0 spiro atoms. The van der Waals surface area contributed by atoms with Gasteiger partial charge in [0, 0.05) is 28.4 Å². The van der Waals surface area contributed by atoms with Crippen LogP contribution in [0.25, 0.3) is 10.9 Å². The fourth-order valence-corrected chi connectivity index (χ4v) is 3.17. The molecule has 1 aromatic heterocycles. The van der Waals surface area contributed by atoms with E-state index in [1.54, 1.807) is 72.9 Å². The number of nitriles is 1. The molecule has 1 heterocycles. The summed E-state index contributed by atoms with van der Waals surface area (Å²) in [6, 6.07) is 22.0. The smallest absolute Gasteiger partial charge is 0.255 e. The molecule has 0 fully saturated rings. The quantitative estimate of drug-likeness (QED) is 0.465. The van der Waals surface area contributed by atoms with Crippen molar-refractivity contribution in [1.29, 1.82) is 5.26 Å². The maximum atomic E-state index is 12.7. The highest BCUT2D eigenvalue weighted by Gasteiger charge is 2.12. The zero-order valence-corrected chi connectivity index (χ0v) is 16.9. The van der Waals surface area contributed by atoms with E-state index in [-0.39, 0.29) is 11.8 Å². The molecule has 31 heavy (non-hydrogen) atoms. The van der Waals surface area contributed by atoms with E-state index >= 15 is 0 Å². The van der Waals surface area contributed by atoms with E-state index in [4.69, 9.17) is 16.9 Å². The van der Waals surface area contributed by atoms with Crippen molar-refractivity contribution >= 4 is 45.7 Å². The second-order valence-electron chi connectivity index (χ2n) is 6.70. The lowest BCUT2D eigenvalue weighted by Gasteiger charge is -2.11. The van der Waals surface area contributed by atoms with E-state index in [0.29, 0.717) is 33.1 Å². The predicted octanol–water partition coefficient (Wildman–Crippen LogP) is 5.26. The molecule has 4 rings (SSSR count). The molecular formula is C24H15ClN4O2. The fourth-order valence-electron chi connectivity index (χ4n) is 3.01. The zero-order chi connectivity index (χ0) is 21.8. The minimum Gasteiger partial charge on any atom is -0.322 e. The lowest BCUT2D eigenvalue weighted by atomic mass is 10.1. The summed E-state index contributed by atoms with van der Waals surface area (Å²) in [5.74, 6) is -0.672. The molecule has 0 saturated heterocycles. The van der Waals surface area contributed by atoms with Gasteiger partial charge in [-0.15, -0.1) is 0 Å². The number of anilines is 2. The number of pyridine rings is 1. The molecule has 6 nitrogen and oxygen atoms in total. The minimum atomic E-state index is -0.342. The van der Waals surface area contributed by atoms with Gasteiger partial charge in [-0.05, 0) is 66.7 Å². The number of fused-ring (bicyclic) bond motifs is 1. The summed E-state index contributed by atoms with van der Waals surface area (Å²) in [5.41, 5.74) is 2.97. The third-order valence-electron chi connectivity index (χ3n) is 4.61. The van der Waals surface area contributed by atoms with Crippen molar-refractivity contribution in [2.75, 3.05) is 10.6 Å². The normalized spacial score (nSPS) is 10.3. The van der Waals surface area contributed by atoms with Crippen molar-refractivity contribution in [3.63, 3.8) is 0 Å². The molecule has 2 N–H and O–H groups in total. The highest BCUT2D eigenvalue weighted by molar-refractivity contribution is 6.34. The van der Waals surface area contributed by atoms with Crippen LogP contribution in [0.2, 0.25) is 5.02 Å². The van der Waals surface area contributed by atoms with Gasteiger partial charge < -0.3 is 10.6 Å². The minimum absolute atomic E-state index is 0.330. The third-order valence-corrected chi connectivity index (χ3v) is 4.94.